The standard InChI is InChI=1S/C18H24N2O5S/c1-18(2,3)25-16(21)19-11-14-15(12-19)24-17(22)20(14)9-10-26(23)13-7-5-4-6-8-13/h4-8,14-15H,9-12H2,1-3H3/t14-,15+,26?/m0/s1. The number of fused-ring (bicyclic) bond motifs is 1. The van der Waals surface area contributed by atoms with E-state index in [1.807, 2.05) is 39.0 Å². The molecule has 0 radical (unpaired) electrons. The molecule has 2 amide bonds. The van der Waals surface area contributed by atoms with Crippen molar-refractivity contribution in [3.8, 4) is 0 Å². The van der Waals surface area contributed by atoms with E-state index < -0.39 is 28.6 Å². The second-order valence-corrected chi connectivity index (χ2v) is 9.00. The molecule has 7 nitrogen and oxygen atoms in total. The van der Waals surface area contributed by atoms with Gasteiger partial charge < -0.3 is 14.4 Å². The lowest BCUT2D eigenvalue weighted by molar-refractivity contribution is 0.0247. The SMILES string of the molecule is CC(C)(C)OC(=O)N1C[C@H]2OC(=O)N(CCS(=O)c3ccccc3)[C@H]2C1. The molecule has 0 saturated carbocycles. The van der Waals surface area contributed by atoms with Crippen molar-refractivity contribution in [1.82, 2.24) is 9.80 Å². The molecule has 0 bridgehead atoms. The Balaban J connectivity index is 1.58. The number of carbonyl (C=O) groups excluding carboxylic acids is 2. The van der Waals surface area contributed by atoms with Crippen LogP contribution in [0.25, 0.3) is 0 Å². The van der Waals surface area contributed by atoms with Gasteiger partial charge in [0.2, 0.25) is 0 Å². The van der Waals surface area contributed by atoms with E-state index in [9.17, 15) is 13.8 Å². The van der Waals surface area contributed by atoms with Crippen LogP contribution in [-0.2, 0) is 20.3 Å². The third-order valence-electron chi connectivity index (χ3n) is 4.30. The first kappa shape index (κ1) is 18.7. The van der Waals surface area contributed by atoms with Gasteiger partial charge in [0.05, 0.1) is 23.4 Å². The lowest BCUT2D eigenvalue weighted by Crippen LogP contribution is -2.42. The summed E-state index contributed by atoms with van der Waals surface area (Å²) in [5.74, 6) is 0.328. The fourth-order valence-electron chi connectivity index (χ4n) is 3.11. The van der Waals surface area contributed by atoms with Gasteiger partial charge in [-0.25, -0.2) is 9.59 Å². The smallest absolute Gasteiger partial charge is 0.410 e. The highest BCUT2D eigenvalue weighted by atomic mass is 32.2. The minimum atomic E-state index is -1.19. The van der Waals surface area contributed by atoms with Crippen LogP contribution < -0.4 is 0 Å². The Morgan fingerprint density at radius 1 is 1.27 bits per heavy atom. The number of nitrogens with zero attached hydrogens (tertiary/aromatic N) is 2. The average Bonchev–Trinajstić information content (AvgIpc) is 3.09. The molecule has 1 aromatic carbocycles. The predicted molar refractivity (Wildman–Crippen MR) is 96.3 cm³/mol. The maximum Gasteiger partial charge on any atom is 0.410 e. The number of benzene rings is 1. The summed E-state index contributed by atoms with van der Waals surface area (Å²) in [4.78, 5) is 28.2. The van der Waals surface area contributed by atoms with E-state index >= 15 is 0 Å². The Morgan fingerprint density at radius 3 is 2.62 bits per heavy atom. The summed E-state index contributed by atoms with van der Waals surface area (Å²) in [6, 6.07) is 8.93. The molecule has 2 heterocycles. The van der Waals surface area contributed by atoms with Crippen LogP contribution in [0.3, 0.4) is 0 Å². The molecule has 26 heavy (non-hydrogen) atoms. The number of rotatable bonds is 4. The van der Waals surface area contributed by atoms with Crippen LogP contribution in [-0.4, -0.2) is 69.3 Å². The van der Waals surface area contributed by atoms with Gasteiger partial charge >= 0.3 is 12.2 Å². The van der Waals surface area contributed by atoms with Crippen molar-refractivity contribution >= 4 is 23.0 Å². The lowest BCUT2D eigenvalue weighted by Gasteiger charge is -2.26. The zero-order chi connectivity index (χ0) is 18.9. The van der Waals surface area contributed by atoms with Gasteiger partial charge in [0.1, 0.15) is 11.7 Å². The van der Waals surface area contributed by atoms with Crippen molar-refractivity contribution in [2.75, 3.05) is 25.4 Å². The van der Waals surface area contributed by atoms with Gasteiger partial charge in [-0.1, -0.05) is 18.2 Å². The predicted octanol–water partition coefficient (Wildman–Crippen LogP) is 2.23. The Bertz CT molecular complexity index is 703. The van der Waals surface area contributed by atoms with Gasteiger partial charge in [0, 0.05) is 23.7 Å². The molecular weight excluding hydrogens is 356 g/mol. The first-order valence-corrected chi connectivity index (χ1v) is 9.95. The van der Waals surface area contributed by atoms with Crippen molar-refractivity contribution in [2.24, 2.45) is 0 Å². The van der Waals surface area contributed by atoms with E-state index in [2.05, 4.69) is 0 Å². The maximum absolute atomic E-state index is 12.4. The molecule has 2 aliphatic heterocycles. The fourth-order valence-corrected chi connectivity index (χ4v) is 4.17. The zero-order valence-electron chi connectivity index (χ0n) is 15.2. The van der Waals surface area contributed by atoms with Gasteiger partial charge in [0.15, 0.2) is 0 Å². The highest BCUT2D eigenvalue weighted by Gasteiger charge is 2.49. The van der Waals surface area contributed by atoms with E-state index in [1.54, 1.807) is 21.9 Å². The van der Waals surface area contributed by atoms with E-state index in [1.165, 1.54) is 0 Å². The van der Waals surface area contributed by atoms with Gasteiger partial charge in [0.25, 0.3) is 0 Å². The van der Waals surface area contributed by atoms with Crippen molar-refractivity contribution < 1.29 is 23.3 Å². The van der Waals surface area contributed by atoms with Crippen LogP contribution in [0.15, 0.2) is 35.2 Å². The molecule has 2 aliphatic rings. The summed E-state index contributed by atoms with van der Waals surface area (Å²) in [6.45, 7) is 6.45. The largest absolute Gasteiger partial charge is 0.444 e. The molecule has 3 atom stereocenters. The lowest BCUT2D eigenvalue weighted by atomic mass is 10.2. The Hall–Kier alpha value is -2.09. The molecule has 2 fully saturated rings. The molecule has 8 heteroatoms. The molecule has 2 saturated heterocycles. The van der Waals surface area contributed by atoms with Crippen molar-refractivity contribution in [2.45, 2.75) is 43.4 Å². The summed E-state index contributed by atoms with van der Waals surface area (Å²) in [6.07, 6.45) is -1.18. The second-order valence-electron chi connectivity index (χ2n) is 7.43. The van der Waals surface area contributed by atoms with E-state index in [0.29, 0.717) is 25.4 Å². The summed E-state index contributed by atoms with van der Waals surface area (Å²) in [5.41, 5.74) is -0.572. The summed E-state index contributed by atoms with van der Waals surface area (Å²) in [5, 5.41) is 0. The number of amides is 2. The zero-order valence-corrected chi connectivity index (χ0v) is 16.0. The fraction of sp³-hybridized carbons (Fsp3) is 0.556. The number of hydrogen-bond acceptors (Lipinski definition) is 5. The van der Waals surface area contributed by atoms with Gasteiger partial charge in [-0.15, -0.1) is 0 Å². The summed E-state index contributed by atoms with van der Waals surface area (Å²) < 4.78 is 23.1. The summed E-state index contributed by atoms with van der Waals surface area (Å²) >= 11 is 0. The molecule has 3 rings (SSSR count). The quantitative estimate of drug-likeness (QED) is 0.801. The Labute approximate surface area is 155 Å². The van der Waals surface area contributed by atoms with Crippen LogP contribution in [0.2, 0.25) is 0 Å². The third kappa shape index (κ3) is 4.17. The highest BCUT2D eigenvalue weighted by molar-refractivity contribution is 7.85. The average molecular weight is 380 g/mol. The topological polar surface area (TPSA) is 76.2 Å². The molecule has 0 N–H and O–H groups in total. The van der Waals surface area contributed by atoms with Crippen LogP contribution in [0, 0.1) is 0 Å². The van der Waals surface area contributed by atoms with E-state index in [4.69, 9.17) is 9.47 Å². The van der Waals surface area contributed by atoms with Crippen LogP contribution >= 0.6 is 0 Å². The number of carbonyl (C=O) groups is 2. The number of ether oxygens (including phenoxy) is 2. The first-order valence-electron chi connectivity index (χ1n) is 8.63. The third-order valence-corrected chi connectivity index (χ3v) is 5.65. The summed E-state index contributed by atoms with van der Waals surface area (Å²) in [7, 11) is -1.19. The maximum atomic E-state index is 12.4. The molecule has 142 valence electrons. The van der Waals surface area contributed by atoms with Gasteiger partial charge in [-0.05, 0) is 32.9 Å². The monoisotopic (exact) mass is 380 g/mol. The van der Waals surface area contributed by atoms with Gasteiger partial charge in [-0.3, -0.25) is 9.11 Å². The van der Waals surface area contributed by atoms with Crippen molar-refractivity contribution in [3.63, 3.8) is 0 Å². The highest BCUT2D eigenvalue weighted by Crippen LogP contribution is 2.28. The molecular formula is C18H24N2O5S. The van der Waals surface area contributed by atoms with Crippen molar-refractivity contribution in [1.29, 1.82) is 0 Å². The molecule has 1 unspecified atom stereocenters. The Morgan fingerprint density at radius 2 is 1.96 bits per heavy atom. The second kappa shape index (κ2) is 7.26. The normalized spacial score (nSPS) is 23.6. The van der Waals surface area contributed by atoms with Crippen molar-refractivity contribution in [3.05, 3.63) is 30.3 Å². The minimum Gasteiger partial charge on any atom is -0.444 e. The first-order chi connectivity index (χ1) is 12.2. The van der Waals surface area contributed by atoms with E-state index in [-0.39, 0.29) is 12.1 Å². The minimum absolute atomic E-state index is 0.220. The van der Waals surface area contributed by atoms with Crippen LogP contribution in [0.4, 0.5) is 9.59 Å². The number of likely N-dealkylation sites (tertiary alicyclic amines) is 1. The molecule has 0 aliphatic carbocycles. The Kier molecular flexibility index (Phi) is 5.22. The number of hydrogen-bond donors (Lipinski definition) is 0. The molecule has 0 aromatic heterocycles. The van der Waals surface area contributed by atoms with Gasteiger partial charge in [-0.2, -0.15) is 0 Å². The molecule has 0 spiro atoms. The van der Waals surface area contributed by atoms with E-state index in [0.717, 1.165) is 4.90 Å². The molecule has 1 aromatic rings. The van der Waals surface area contributed by atoms with Crippen LogP contribution in [0.5, 0.6) is 0 Å². The van der Waals surface area contributed by atoms with Crippen LogP contribution in [0.1, 0.15) is 20.8 Å².